The Bertz CT molecular complexity index is 507. The Morgan fingerprint density at radius 2 is 2.24 bits per heavy atom. The van der Waals surface area contributed by atoms with Gasteiger partial charge in [-0.2, -0.15) is 0 Å². The van der Waals surface area contributed by atoms with Crippen molar-refractivity contribution in [1.29, 1.82) is 0 Å². The van der Waals surface area contributed by atoms with Crippen LogP contribution >= 0.6 is 11.6 Å². The van der Waals surface area contributed by atoms with E-state index < -0.39 is 0 Å². The topological polar surface area (TPSA) is 56.7 Å². The zero-order valence-electron chi connectivity index (χ0n) is 9.73. The standard InChI is InChI=1S/C12H15ClN4/c1-2-4-12-11(8-14)15-16-17(12)10-6-3-5-9(13)7-10/h3,5-7H,2,4,8,14H2,1H3. The van der Waals surface area contributed by atoms with Crippen LogP contribution < -0.4 is 5.73 Å². The second-order valence-electron chi connectivity index (χ2n) is 3.83. The molecule has 0 aliphatic carbocycles. The van der Waals surface area contributed by atoms with Gasteiger partial charge in [-0.15, -0.1) is 5.10 Å². The molecule has 0 unspecified atom stereocenters. The van der Waals surface area contributed by atoms with Crippen molar-refractivity contribution < 1.29 is 0 Å². The Kier molecular flexibility index (Phi) is 3.76. The van der Waals surface area contributed by atoms with Crippen LogP contribution in [0.3, 0.4) is 0 Å². The molecule has 0 amide bonds. The van der Waals surface area contributed by atoms with Gasteiger partial charge in [0.1, 0.15) is 0 Å². The number of aromatic nitrogens is 3. The number of hydrogen-bond donors (Lipinski definition) is 1. The second kappa shape index (κ2) is 5.29. The van der Waals surface area contributed by atoms with Crippen LogP contribution in [0.15, 0.2) is 24.3 Å². The number of halogens is 1. The molecule has 5 heteroatoms. The van der Waals surface area contributed by atoms with Crippen molar-refractivity contribution in [2.24, 2.45) is 5.73 Å². The summed E-state index contributed by atoms with van der Waals surface area (Å²) in [6.07, 6.45) is 1.94. The van der Waals surface area contributed by atoms with Gasteiger partial charge in [-0.05, 0) is 24.6 Å². The maximum Gasteiger partial charge on any atom is 0.0999 e. The minimum absolute atomic E-state index is 0.413. The molecular weight excluding hydrogens is 236 g/mol. The zero-order chi connectivity index (χ0) is 12.3. The molecule has 0 aliphatic rings. The first-order valence-electron chi connectivity index (χ1n) is 5.65. The molecule has 0 aliphatic heterocycles. The summed E-state index contributed by atoms with van der Waals surface area (Å²) in [4.78, 5) is 0. The fourth-order valence-corrected chi connectivity index (χ4v) is 1.98. The van der Waals surface area contributed by atoms with Crippen LogP contribution in [0.5, 0.6) is 0 Å². The van der Waals surface area contributed by atoms with Gasteiger partial charge >= 0.3 is 0 Å². The quantitative estimate of drug-likeness (QED) is 0.906. The van der Waals surface area contributed by atoms with Gasteiger partial charge in [0.2, 0.25) is 0 Å². The van der Waals surface area contributed by atoms with E-state index in [1.807, 2.05) is 28.9 Å². The van der Waals surface area contributed by atoms with E-state index in [2.05, 4.69) is 17.2 Å². The van der Waals surface area contributed by atoms with Crippen molar-refractivity contribution >= 4 is 11.6 Å². The number of rotatable bonds is 4. The van der Waals surface area contributed by atoms with Crippen molar-refractivity contribution in [3.05, 3.63) is 40.7 Å². The molecule has 2 N–H and O–H groups in total. The fraction of sp³-hybridized carbons (Fsp3) is 0.333. The van der Waals surface area contributed by atoms with Crippen LogP contribution in [0.4, 0.5) is 0 Å². The van der Waals surface area contributed by atoms with Gasteiger partial charge < -0.3 is 5.73 Å². The van der Waals surface area contributed by atoms with Crippen molar-refractivity contribution in [2.75, 3.05) is 0 Å². The first-order chi connectivity index (χ1) is 8.26. The van der Waals surface area contributed by atoms with E-state index in [9.17, 15) is 0 Å². The van der Waals surface area contributed by atoms with E-state index in [1.165, 1.54) is 0 Å². The predicted molar refractivity (Wildman–Crippen MR) is 68.3 cm³/mol. The lowest BCUT2D eigenvalue weighted by atomic mass is 10.2. The van der Waals surface area contributed by atoms with Gasteiger partial charge in [0.05, 0.1) is 17.1 Å². The molecule has 2 aromatic rings. The van der Waals surface area contributed by atoms with Gasteiger partial charge in [-0.3, -0.25) is 0 Å². The summed E-state index contributed by atoms with van der Waals surface area (Å²) in [7, 11) is 0. The van der Waals surface area contributed by atoms with Crippen molar-refractivity contribution in [3.8, 4) is 5.69 Å². The highest BCUT2D eigenvalue weighted by Gasteiger charge is 2.12. The summed E-state index contributed by atoms with van der Waals surface area (Å²) in [5, 5.41) is 8.94. The van der Waals surface area contributed by atoms with Crippen molar-refractivity contribution in [2.45, 2.75) is 26.3 Å². The van der Waals surface area contributed by atoms with Crippen LogP contribution in [-0.2, 0) is 13.0 Å². The molecule has 0 bridgehead atoms. The Morgan fingerprint density at radius 1 is 1.41 bits per heavy atom. The largest absolute Gasteiger partial charge is 0.325 e. The van der Waals surface area contributed by atoms with Gasteiger partial charge in [-0.25, -0.2) is 4.68 Å². The molecule has 0 atom stereocenters. The summed E-state index contributed by atoms with van der Waals surface area (Å²) in [6, 6.07) is 7.57. The van der Waals surface area contributed by atoms with Crippen LogP contribution in [0.25, 0.3) is 5.69 Å². The molecule has 0 saturated carbocycles. The average Bonchev–Trinajstić information content (AvgIpc) is 2.72. The van der Waals surface area contributed by atoms with Crippen LogP contribution in [-0.4, -0.2) is 15.0 Å². The lowest BCUT2D eigenvalue weighted by Crippen LogP contribution is -2.06. The maximum atomic E-state index is 5.98. The minimum atomic E-state index is 0.413. The van der Waals surface area contributed by atoms with Crippen LogP contribution in [0.1, 0.15) is 24.7 Å². The molecule has 1 aromatic heterocycles. The second-order valence-corrected chi connectivity index (χ2v) is 4.27. The van der Waals surface area contributed by atoms with E-state index in [1.54, 1.807) is 0 Å². The third kappa shape index (κ3) is 2.48. The summed E-state index contributed by atoms with van der Waals surface area (Å²) < 4.78 is 1.82. The molecular formula is C12H15ClN4. The summed E-state index contributed by atoms with van der Waals surface area (Å²) in [5.41, 5.74) is 8.50. The molecule has 0 saturated heterocycles. The molecule has 17 heavy (non-hydrogen) atoms. The minimum Gasteiger partial charge on any atom is -0.325 e. The first-order valence-corrected chi connectivity index (χ1v) is 6.03. The molecule has 4 nitrogen and oxygen atoms in total. The number of hydrogen-bond acceptors (Lipinski definition) is 3. The lowest BCUT2D eigenvalue weighted by molar-refractivity contribution is 0.745. The van der Waals surface area contributed by atoms with Gasteiger partial charge in [0.25, 0.3) is 0 Å². The highest BCUT2D eigenvalue weighted by atomic mass is 35.5. The molecule has 90 valence electrons. The third-order valence-corrected chi connectivity index (χ3v) is 2.81. The van der Waals surface area contributed by atoms with Gasteiger partial charge in [-0.1, -0.05) is 36.2 Å². The number of nitrogens with zero attached hydrogens (tertiary/aromatic N) is 3. The Morgan fingerprint density at radius 3 is 2.88 bits per heavy atom. The third-order valence-electron chi connectivity index (χ3n) is 2.58. The summed E-state index contributed by atoms with van der Waals surface area (Å²) in [5.74, 6) is 0. The number of benzene rings is 1. The predicted octanol–water partition coefficient (Wildman–Crippen LogP) is 2.33. The van der Waals surface area contributed by atoms with Gasteiger partial charge in [0.15, 0.2) is 0 Å². The van der Waals surface area contributed by atoms with Crippen molar-refractivity contribution in [3.63, 3.8) is 0 Å². The van der Waals surface area contributed by atoms with Gasteiger partial charge in [0, 0.05) is 11.6 Å². The normalized spacial score (nSPS) is 10.8. The smallest absolute Gasteiger partial charge is 0.0999 e. The van der Waals surface area contributed by atoms with Crippen molar-refractivity contribution in [1.82, 2.24) is 15.0 Å². The monoisotopic (exact) mass is 250 g/mol. The van der Waals surface area contributed by atoms with Crippen LogP contribution in [0.2, 0.25) is 5.02 Å². The van der Waals surface area contributed by atoms with E-state index in [0.29, 0.717) is 11.6 Å². The molecule has 2 rings (SSSR count). The molecule has 0 spiro atoms. The molecule has 1 aromatic carbocycles. The fourth-order valence-electron chi connectivity index (χ4n) is 1.79. The summed E-state index contributed by atoms with van der Waals surface area (Å²) >= 11 is 5.98. The van der Waals surface area contributed by atoms with E-state index in [4.69, 9.17) is 17.3 Å². The molecule has 0 radical (unpaired) electrons. The highest BCUT2D eigenvalue weighted by Crippen LogP contribution is 2.18. The first kappa shape index (κ1) is 12.1. The Hall–Kier alpha value is -1.39. The highest BCUT2D eigenvalue weighted by molar-refractivity contribution is 6.30. The molecule has 1 heterocycles. The Labute approximate surface area is 105 Å². The maximum absolute atomic E-state index is 5.98. The van der Waals surface area contributed by atoms with Crippen LogP contribution in [0, 0.1) is 0 Å². The number of nitrogens with two attached hydrogens (primary N) is 1. The average molecular weight is 251 g/mol. The lowest BCUT2D eigenvalue weighted by Gasteiger charge is -2.06. The molecule has 0 fully saturated rings. The van der Waals surface area contributed by atoms with E-state index in [-0.39, 0.29) is 0 Å². The van der Waals surface area contributed by atoms with E-state index in [0.717, 1.165) is 29.9 Å². The zero-order valence-corrected chi connectivity index (χ0v) is 10.5. The SMILES string of the molecule is CCCc1c(CN)nnn1-c1cccc(Cl)c1. The Balaban J connectivity index is 2.47. The summed E-state index contributed by atoms with van der Waals surface area (Å²) in [6.45, 7) is 2.53. The van der Waals surface area contributed by atoms with E-state index >= 15 is 0 Å².